The average Bonchev–Trinajstić information content (AvgIpc) is 3.28. The van der Waals surface area contributed by atoms with Crippen molar-refractivity contribution in [2.24, 2.45) is 0 Å². The zero-order valence-electron chi connectivity index (χ0n) is 13.5. The number of amides is 1. The van der Waals surface area contributed by atoms with Gasteiger partial charge in [0.1, 0.15) is 6.61 Å². The summed E-state index contributed by atoms with van der Waals surface area (Å²) >= 11 is 0. The zero-order valence-corrected chi connectivity index (χ0v) is 13.5. The Hall–Kier alpha value is -2.83. The number of imidazole rings is 1. The van der Waals surface area contributed by atoms with Gasteiger partial charge in [-0.25, -0.2) is 9.67 Å². The molecule has 4 rings (SSSR count). The van der Waals surface area contributed by atoms with E-state index in [-0.39, 0.29) is 5.91 Å². The minimum absolute atomic E-state index is 0.145. The number of para-hydroxylation sites is 2. The highest BCUT2D eigenvalue weighted by atomic mass is 16.5. The van der Waals surface area contributed by atoms with Crippen LogP contribution < -0.4 is 10.1 Å². The number of hydrogen-bond acceptors (Lipinski definition) is 4. The van der Waals surface area contributed by atoms with Crippen molar-refractivity contribution in [1.82, 2.24) is 24.6 Å². The molecule has 1 N–H and O–H groups in total. The van der Waals surface area contributed by atoms with Gasteiger partial charge in [0.2, 0.25) is 5.88 Å². The van der Waals surface area contributed by atoms with Gasteiger partial charge in [-0.15, -0.1) is 0 Å². The monoisotopic (exact) mass is 325 g/mol. The van der Waals surface area contributed by atoms with Gasteiger partial charge in [-0.05, 0) is 25.5 Å². The highest BCUT2D eigenvalue weighted by molar-refractivity contribution is 5.94. The van der Waals surface area contributed by atoms with Gasteiger partial charge in [0.25, 0.3) is 5.91 Å². The number of carbonyl (C=O) groups is 1. The summed E-state index contributed by atoms with van der Waals surface area (Å²) in [6.07, 6.45) is 2.67. The molecule has 7 nitrogen and oxygen atoms in total. The van der Waals surface area contributed by atoms with Crippen LogP contribution in [0.4, 0.5) is 0 Å². The molecule has 24 heavy (non-hydrogen) atoms. The lowest BCUT2D eigenvalue weighted by Gasteiger charge is -2.06. The fraction of sp³-hybridized carbons (Fsp3) is 0.353. The van der Waals surface area contributed by atoms with Crippen LogP contribution in [0, 0.1) is 6.92 Å². The number of rotatable bonds is 5. The normalized spacial score (nSPS) is 13.0. The third kappa shape index (κ3) is 2.51. The Labute approximate surface area is 139 Å². The van der Waals surface area contributed by atoms with Crippen LogP contribution in [0.2, 0.25) is 0 Å². The molecule has 0 atom stereocenters. The van der Waals surface area contributed by atoms with Gasteiger partial charge in [0, 0.05) is 18.7 Å². The van der Waals surface area contributed by atoms with Crippen LogP contribution in [0.25, 0.3) is 11.0 Å². The summed E-state index contributed by atoms with van der Waals surface area (Å²) in [5.41, 5.74) is 3.37. The van der Waals surface area contributed by atoms with Gasteiger partial charge < -0.3 is 14.6 Å². The molecule has 1 aromatic carbocycles. The maximum atomic E-state index is 12.3. The molecule has 1 amide bonds. The summed E-state index contributed by atoms with van der Waals surface area (Å²) in [6.45, 7) is 4.61. The van der Waals surface area contributed by atoms with Crippen LogP contribution in [0.3, 0.4) is 0 Å². The van der Waals surface area contributed by atoms with E-state index < -0.39 is 0 Å². The average molecular weight is 325 g/mol. The molecule has 0 bridgehead atoms. The molecule has 3 aromatic rings. The number of aromatic nitrogens is 4. The first-order valence-electron chi connectivity index (χ1n) is 8.12. The fourth-order valence-electron chi connectivity index (χ4n) is 3.04. The molecule has 0 spiro atoms. The first-order chi connectivity index (χ1) is 11.7. The first-order valence-corrected chi connectivity index (χ1v) is 8.12. The molecule has 7 heteroatoms. The van der Waals surface area contributed by atoms with Crippen molar-refractivity contribution in [3.05, 3.63) is 41.9 Å². The van der Waals surface area contributed by atoms with Crippen molar-refractivity contribution < 1.29 is 9.53 Å². The molecule has 1 aliphatic rings. The number of fused-ring (bicyclic) bond motifs is 2. The fourth-order valence-corrected chi connectivity index (χ4v) is 3.04. The Kier molecular flexibility index (Phi) is 3.68. The van der Waals surface area contributed by atoms with Gasteiger partial charge in [0.15, 0.2) is 5.69 Å². The summed E-state index contributed by atoms with van der Waals surface area (Å²) in [4.78, 5) is 16.7. The maximum absolute atomic E-state index is 12.3. The van der Waals surface area contributed by atoms with E-state index in [4.69, 9.17) is 4.74 Å². The molecular weight excluding hydrogens is 306 g/mol. The third-order valence-corrected chi connectivity index (χ3v) is 4.28. The Balaban J connectivity index is 1.33. The Morgan fingerprint density at radius 3 is 3.12 bits per heavy atom. The molecule has 0 unspecified atom stereocenters. The molecule has 0 fully saturated rings. The predicted molar refractivity (Wildman–Crippen MR) is 89.1 cm³/mol. The van der Waals surface area contributed by atoms with Crippen LogP contribution in [0.5, 0.6) is 5.88 Å². The van der Waals surface area contributed by atoms with E-state index >= 15 is 0 Å². The summed E-state index contributed by atoms with van der Waals surface area (Å²) in [5.74, 6) is 0.568. The predicted octanol–water partition coefficient (Wildman–Crippen LogP) is 1.75. The van der Waals surface area contributed by atoms with Gasteiger partial charge in [-0.1, -0.05) is 12.1 Å². The minimum Gasteiger partial charge on any atom is -0.476 e. The second-order valence-corrected chi connectivity index (χ2v) is 5.89. The molecule has 2 aromatic heterocycles. The summed E-state index contributed by atoms with van der Waals surface area (Å²) in [5, 5.41) is 7.26. The quantitative estimate of drug-likeness (QED) is 0.725. The van der Waals surface area contributed by atoms with Gasteiger partial charge in [-0.2, -0.15) is 5.10 Å². The Morgan fingerprint density at radius 2 is 2.25 bits per heavy atom. The standard InChI is InChI=1S/C17H19N5O2/c1-12-15(20-22-9-10-24-17(12)22)16(23)18-7-4-8-21-11-19-13-5-2-3-6-14(13)21/h2-3,5-6,11H,4,7-10H2,1H3,(H,18,23). The largest absolute Gasteiger partial charge is 0.476 e. The number of carbonyl (C=O) groups excluding carboxylic acids is 1. The highest BCUT2D eigenvalue weighted by Gasteiger charge is 2.24. The van der Waals surface area contributed by atoms with Gasteiger partial charge >= 0.3 is 0 Å². The number of ether oxygens (including phenoxy) is 1. The zero-order chi connectivity index (χ0) is 16.5. The number of hydrogen-bond donors (Lipinski definition) is 1. The molecule has 0 radical (unpaired) electrons. The molecule has 0 aliphatic carbocycles. The van der Waals surface area contributed by atoms with E-state index in [1.807, 2.05) is 31.5 Å². The summed E-state index contributed by atoms with van der Waals surface area (Å²) in [6, 6.07) is 8.03. The lowest BCUT2D eigenvalue weighted by Crippen LogP contribution is -2.26. The second-order valence-electron chi connectivity index (χ2n) is 5.89. The lowest BCUT2D eigenvalue weighted by molar-refractivity contribution is 0.0946. The molecule has 1 aliphatic heterocycles. The van der Waals surface area contributed by atoms with Crippen LogP contribution in [-0.4, -0.2) is 38.4 Å². The number of nitrogens with one attached hydrogen (secondary N) is 1. The molecule has 3 heterocycles. The van der Waals surface area contributed by atoms with Crippen LogP contribution in [0.1, 0.15) is 22.5 Å². The molecular formula is C17H19N5O2. The highest BCUT2D eigenvalue weighted by Crippen LogP contribution is 2.25. The number of benzene rings is 1. The van der Waals surface area contributed by atoms with Gasteiger partial charge in [-0.3, -0.25) is 4.79 Å². The Morgan fingerprint density at radius 1 is 1.38 bits per heavy atom. The van der Waals surface area contributed by atoms with E-state index in [1.54, 1.807) is 4.68 Å². The van der Waals surface area contributed by atoms with Crippen molar-refractivity contribution >= 4 is 16.9 Å². The smallest absolute Gasteiger partial charge is 0.272 e. The number of aryl methyl sites for hydroxylation is 1. The van der Waals surface area contributed by atoms with E-state index in [9.17, 15) is 4.79 Å². The summed E-state index contributed by atoms with van der Waals surface area (Å²) in [7, 11) is 0. The minimum atomic E-state index is -0.145. The van der Waals surface area contributed by atoms with Crippen molar-refractivity contribution in [2.75, 3.05) is 13.2 Å². The lowest BCUT2D eigenvalue weighted by atomic mass is 10.2. The second kappa shape index (κ2) is 5.99. The molecule has 0 saturated carbocycles. The third-order valence-electron chi connectivity index (χ3n) is 4.28. The summed E-state index contributed by atoms with van der Waals surface area (Å²) < 4.78 is 9.34. The van der Waals surface area contributed by atoms with E-state index in [2.05, 4.69) is 26.0 Å². The van der Waals surface area contributed by atoms with E-state index in [0.717, 1.165) is 29.6 Å². The van der Waals surface area contributed by atoms with Crippen molar-refractivity contribution in [1.29, 1.82) is 0 Å². The SMILES string of the molecule is Cc1c(C(=O)NCCCn2cnc3ccccc32)nn2c1OCC2. The van der Waals surface area contributed by atoms with E-state index in [1.165, 1.54) is 0 Å². The van der Waals surface area contributed by atoms with Crippen LogP contribution in [0.15, 0.2) is 30.6 Å². The van der Waals surface area contributed by atoms with Crippen LogP contribution >= 0.6 is 0 Å². The molecule has 0 saturated heterocycles. The topological polar surface area (TPSA) is 74.0 Å². The number of nitrogens with zero attached hydrogens (tertiary/aromatic N) is 4. The van der Waals surface area contributed by atoms with Crippen molar-refractivity contribution in [3.63, 3.8) is 0 Å². The molecule has 124 valence electrons. The van der Waals surface area contributed by atoms with Crippen molar-refractivity contribution in [2.45, 2.75) is 26.4 Å². The van der Waals surface area contributed by atoms with Gasteiger partial charge in [0.05, 0.1) is 23.9 Å². The van der Waals surface area contributed by atoms with Crippen LogP contribution in [-0.2, 0) is 13.1 Å². The Bertz CT molecular complexity index is 896. The van der Waals surface area contributed by atoms with Crippen molar-refractivity contribution in [3.8, 4) is 5.88 Å². The first kappa shape index (κ1) is 14.7. The maximum Gasteiger partial charge on any atom is 0.272 e. The van der Waals surface area contributed by atoms with E-state index in [0.29, 0.717) is 31.3 Å².